The lowest BCUT2D eigenvalue weighted by Crippen LogP contribution is -2.39. The molecule has 0 bridgehead atoms. The molecule has 0 radical (unpaired) electrons. The SMILES string of the molecule is C[C@H]1c2c(F)cccc2CCN1C(=O)C1=CCCC1. The number of allylic oxidation sites excluding steroid dienone is 1. The van der Waals surface area contributed by atoms with Gasteiger partial charge in [0.1, 0.15) is 5.82 Å². The van der Waals surface area contributed by atoms with Gasteiger partial charge in [0.15, 0.2) is 0 Å². The molecular formula is C16H18FNO. The van der Waals surface area contributed by atoms with E-state index in [0.29, 0.717) is 12.1 Å². The Labute approximate surface area is 112 Å². The molecule has 0 N–H and O–H groups in total. The van der Waals surface area contributed by atoms with Crippen molar-refractivity contribution in [3.63, 3.8) is 0 Å². The molecule has 1 amide bonds. The second-order valence-corrected chi connectivity index (χ2v) is 5.36. The third-order valence-electron chi connectivity index (χ3n) is 4.23. The molecule has 0 saturated carbocycles. The van der Waals surface area contributed by atoms with Gasteiger partial charge in [-0.1, -0.05) is 18.2 Å². The maximum Gasteiger partial charge on any atom is 0.249 e. The topological polar surface area (TPSA) is 20.3 Å². The molecule has 100 valence electrons. The average Bonchev–Trinajstić information content (AvgIpc) is 2.92. The zero-order valence-electron chi connectivity index (χ0n) is 11.2. The number of fused-ring (bicyclic) bond motifs is 1. The number of hydrogen-bond acceptors (Lipinski definition) is 1. The molecule has 1 atom stereocenters. The number of amides is 1. The first-order valence-corrected chi connectivity index (χ1v) is 6.96. The molecule has 1 aromatic carbocycles. The molecule has 3 heteroatoms. The van der Waals surface area contributed by atoms with Crippen molar-refractivity contribution in [2.24, 2.45) is 0 Å². The first kappa shape index (κ1) is 12.4. The van der Waals surface area contributed by atoms with Crippen LogP contribution in [0.25, 0.3) is 0 Å². The number of carbonyl (C=O) groups excluding carboxylic acids is 1. The number of hydrogen-bond donors (Lipinski definition) is 0. The van der Waals surface area contributed by atoms with Crippen LogP contribution < -0.4 is 0 Å². The summed E-state index contributed by atoms with van der Waals surface area (Å²) in [4.78, 5) is 14.3. The molecule has 1 heterocycles. The first-order chi connectivity index (χ1) is 9.18. The highest BCUT2D eigenvalue weighted by molar-refractivity contribution is 5.94. The van der Waals surface area contributed by atoms with E-state index >= 15 is 0 Å². The Morgan fingerprint density at radius 3 is 2.95 bits per heavy atom. The summed E-state index contributed by atoms with van der Waals surface area (Å²) in [6.07, 6.45) is 5.71. The predicted octanol–water partition coefficient (Wildman–Crippen LogP) is 3.38. The van der Waals surface area contributed by atoms with Crippen molar-refractivity contribution in [3.8, 4) is 0 Å². The molecule has 1 aromatic rings. The van der Waals surface area contributed by atoms with Crippen LogP contribution in [0.1, 0.15) is 43.4 Å². The van der Waals surface area contributed by atoms with Gasteiger partial charge < -0.3 is 4.90 Å². The van der Waals surface area contributed by atoms with Crippen molar-refractivity contribution in [1.82, 2.24) is 4.90 Å². The Hall–Kier alpha value is -1.64. The summed E-state index contributed by atoms with van der Waals surface area (Å²) in [5.41, 5.74) is 2.64. The highest BCUT2D eigenvalue weighted by atomic mass is 19.1. The lowest BCUT2D eigenvalue weighted by atomic mass is 9.92. The number of nitrogens with zero attached hydrogens (tertiary/aromatic N) is 1. The maximum absolute atomic E-state index is 14.0. The van der Waals surface area contributed by atoms with Crippen LogP contribution in [-0.4, -0.2) is 17.4 Å². The summed E-state index contributed by atoms with van der Waals surface area (Å²) in [5, 5.41) is 0. The molecular weight excluding hydrogens is 241 g/mol. The number of halogens is 1. The Morgan fingerprint density at radius 2 is 2.21 bits per heavy atom. The lowest BCUT2D eigenvalue weighted by molar-refractivity contribution is -0.129. The molecule has 2 nitrogen and oxygen atoms in total. The van der Waals surface area contributed by atoms with Crippen molar-refractivity contribution in [2.75, 3.05) is 6.54 Å². The minimum absolute atomic E-state index is 0.0962. The Bertz CT molecular complexity index is 550. The molecule has 0 saturated heterocycles. The lowest BCUT2D eigenvalue weighted by Gasteiger charge is -2.35. The van der Waals surface area contributed by atoms with Crippen molar-refractivity contribution in [1.29, 1.82) is 0 Å². The molecule has 19 heavy (non-hydrogen) atoms. The molecule has 0 aromatic heterocycles. The van der Waals surface area contributed by atoms with E-state index in [1.165, 1.54) is 6.07 Å². The average molecular weight is 259 g/mol. The van der Waals surface area contributed by atoms with Gasteiger partial charge >= 0.3 is 0 Å². The third-order valence-corrected chi connectivity index (χ3v) is 4.23. The van der Waals surface area contributed by atoms with Gasteiger partial charge in [-0.05, 0) is 44.2 Å². The summed E-state index contributed by atoms with van der Waals surface area (Å²) < 4.78 is 14.0. The van der Waals surface area contributed by atoms with E-state index in [4.69, 9.17) is 0 Å². The fraction of sp³-hybridized carbons (Fsp3) is 0.438. The van der Waals surface area contributed by atoms with Crippen molar-refractivity contribution in [3.05, 3.63) is 46.8 Å². The number of benzene rings is 1. The van der Waals surface area contributed by atoms with Gasteiger partial charge in [0, 0.05) is 17.7 Å². The highest BCUT2D eigenvalue weighted by Crippen LogP contribution is 2.33. The summed E-state index contributed by atoms with van der Waals surface area (Å²) in [7, 11) is 0. The van der Waals surface area contributed by atoms with E-state index in [2.05, 4.69) is 0 Å². The second-order valence-electron chi connectivity index (χ2n) is 5.36. The second kappa shape index (κ2) is 4.80. The minimum atomic E-state index is -0.192. The largest absolute Gasteiger partial charge is 0.332 e. The molecule has 0 unspecified atom stereocenters. The van der Waals surface area contributed by atoms with E-state index < -0.39 is 0 Å². The molecule has 0 spiro atoms. The molecule has 3 rings (SSSR count). The normalized spacial score (nSPS) is 22.1. The zero-order valence-corrected chi connectivity index (χ0v) is 11.2. The van der Waals surface area contributed by atoms with Gasteiger partial charge in [0.25, 0.3) is 0 Å². The number of carbonyl (C=O) groups is 1. The van der Waals surface area contributed by atoms with Crippen LogP contribution in [0, 0.1) is 5.82 Å². The molecule has 2 aliphatic rings. The third kappa shape index (κ3) is 2.07. The molecule has 1 aliphatic carbocycles. The summed E-state index contributed by atoms with van der Waals surface area (Å²) in [6.45, 7) is 2.61. The van der Waals surface area contributed by atoms with Gasteiger partial charge in [-0.2, -0.15) is 0 Å². The Morgan fingerprint density at radius 1 is 1.37 bits per heavy atom. The Balaban J connectivity index is 1.91. The van der Waals surface area contributed by atoms with E-state index in [0.717, 1.165) is 36.8 Å². The smallest absolute Gasteiger partial charge is 0.249 e. The summed E-state index contributed by atoms with van der Waals surface area (Å²) in [6, 6.07) is 5.03. The fourth-order valence-electron chi connectivity index (χ4n) is 3.18. The number of rotatable bonds is 1. The zero-order chi connectivity index (χ0) is 13.4. The van der Waals surface area contributed by atoms with E-state index in [-0.39, 0.29) is 17.8 Å². The van der Waals surface area contributed by atoms with Crippen LogP contribution in [0.5, 0.6) is 0 Å². The Kier molecular flexibility index (Phi) is 3.13. The molecule has 1 aliphatic heterocycles. The summed E-state index contributed by atoms with van der Waals surface area (Å²) >= 11 is 0. The van der Waals surface area contributed by atoms with Gasteiger partial charge in [-0.15, -0.1) is 0 Å². The predicted molar refractivity (Wildman–Crippen MR) is 72.2 cm³/mol. The minimum Gasteiger partial charge on any atom is -0.332 e. The van der Waals surface area contributed by atoms with E-state index in [1.54, 1.807) is 6.07 Å². The van der Waals surface area contributed by atoms with Crippen molar-refractivity contribution >= 4 is 5.91 Å². The summed E-state index contributed by atoms with van der Waals surface area (Å²) in [5.74, 6) is -0.0956. The van der Waals surface area contributed by atoms with Crippen LogP contribution in [0.15, 0.2) is 29.8 Å². The van der Waals surface area contributed by atoms with Crippen LogP contribution in [0.2, 0.25) is 0 Å². The van der Waals surface area contributed by atoms with Crippen LogP contribution >= 0.6 is 0 Å². The quantitative estimate of drug-likeness (QED) is 0.757. The highest BCUT2D eigenvalue weighted by Gasteiger charge is 2.31. The maximum atomic E-state index is 14.0. The van der Waals surface area contributed by atoms with E-state index in [1.807, 2.05) is 24.0 Å². The van der Waals surface area contributed by atoms with Crippen LogP contribution in [0.4, 0.5) is 4.39 Å². The first-order valence-electron chi connectivity index (χ1n) is 6.96. The van der Waals surface area contributed by atoms with Crippen molar-refractivity contribution in [2.45, 2.75) is 38.6 Å². The van der Waals surface area contributed by atoms with Gasteiger partial charge in [-0.3, -0.25) is 4.79 Å². The van der Waals surface area contributed by atoms with Crippen molar-refractivity contribution < 1.29 is 9.18 Å². The fourth-order valence-corrected chi connectivity index (χ4v) is 3.18. The van der Waals surface area contributed by atoms with Gasteiger partial charge in [0.2, 0.25) is 5.91 Å². The van der Waals surface area contributed by atoms with Crippen LogP contribution in [0.3, 0.4) is 0 Å². The monoisotopic (exact) mass is 259 g/mol. The standard InChI is InChI=1S/C16H18FNO/c1-11-15-12(7-4-8-14(15)17)9-10-18(11)16(19)13-5-2-3-6-13/h4-5,7-8,11H,2-3,6,9-10H2,1H3/t11-/m0/s1. The molecule has 0 fully saturated rings. The van der Waals surface area contributed by atoms with Crippen LogP contribution in [-0.2, 0) is 11.2 Å². The van der Waals surface area contributed by atoms with Gasteiger partial charge in [-0.25, -0.2) is 4.39 Å². The van der Waals surface area contributed by atoms with E-state index in [9.17, 15) is 9.18 Å². The van der Waals surface area contributed by atoms with Gasteiger partial charge in [0.05, 0.1) is 6.04 Å².